The van der Waals surface area contributed by atoms with Gasteiger partial charge in [0, 0.05) is 32.5 Å². The van der Waals surface area contributed by atoms with E-state index in [1.54, 1.807) is 11.3 Å². The van der Waals surface area contributed by atoms with Gasteiger partial charge in [0.25, 0.3) is 0 Å². The highest BCUT2D eigenvalue weighted by Crippen LogP contribution is 2.56. The van der Waals surface area contributed by atoms with Crippen molar-refractivity contribution in [3.63, 3.8) is 0 Å². The van der Waals surface area contributed by atoms with E-state index in [1.807, 2.05) is 6.07 Å². The Morgan fingerprint density at radius 1 is 0.426 bits per heavy atom. The number of fused-ring (bicyclic) bond motifs is 8. The van der Waals surface area contributed by atoms with Crippen molar-refractivity contribution < 1.29 is 4.42 Å². The summed E-state index contributed by atoms with van der Waals surface area (Å²) in [5.74, 6) is 0. The number of para-hydroxylation sites is 2. The molecule has 0 fully saturated rings. The summed E-state index contributed by atoms with van der Waals surface area (Å²) in [6.45, 7) is 0. The number of benzene rings is 8. The molecule has 11 rings (SSSR count). The first-order chi connectivity index (χ1) is 26.8. The first kappa shape index (κ1) is 30.9. The van der Waals surface area contributed by atoms with E-state index in [2.05, 4.69) is 199 Å². The largest absolute Gasteiger partial charge is 0.454 e. The summed E-state index contributed by atoms with van der Waals surface area (Å²) in [5, 5.41) is 2.32. The molecule has 1 aliphatic carbocycles. The number of hydrogen-bond donors (Lipinski definition) is 0. The SMILES string of the molecule is c1ccc(N(c2cccc(-c3cccc(C4(c5ccccc5)c5ccccc5-c5ccccc54)c3)c2)c2ccc3c(c2)sc2c4ccccc4oc32)cc1. The first-order valence-electron chi connectivity index (χ1n) is 18.4. The van der Waals surface area contributed by atoms with Gasteiger partial charge < -0.3 is 9.32 Å². The molecule has 0 amide bonds. The van der Waals surface area contributed by atoms with Crippen molar-refractivity contribution in [2.75, 3.05) is 4.90 Å². The predicted octanol–water partition coefficient (Wildman–Crippen LogP) is 14.3. The zero-order valence-electron chi connectivity index (χ0n) is 29.3. The standard InChI is InChI=1S/C51H33NOS/c1-3-17-36(18-4-1)51(45-26-10-7-23-41(45)42-24-8-11-27-46(42)51)37-19-13-15-34(31-37)35-16-14-22-39(32-35)52(38-20-5-2-6-21-38)40-29-30-44-48(33-40)54-50-43-25-9-12-28-47(43)53-49(44)50/h1-33H. The molecule has 0 aliphatic heterocycles. The fraction of sp³-hybridized carbons (Fsp3) is 0.0196. The van der Waals surface area contributed by atoms with Crippen molar-refractivity contribution in [3.8, 4) is 22.3 Å². The summed E-state index contributed by atoms with van der Waals surface area (Å²) in [5.41, 5.74) is 14.9. The smallest absolute Gasteiger partial charge is 0.154 e. The van der Waals surface area contributed by atoms with Crippen LogP contribution in [0.3, 0.4) is 0 Å². The van der Waals surface area contributed by atoms with E-state index in [9.17, 15) is 0 Å². The molecule has 1 aliphatic rings. The van der Waals surface area contributed by atoms with Gasteiger partial charge in [-0.2, -0.15) is 0 Å². The van der Waals surface area contributed by atoms with Gasteiger partial charge in [0.2, 0.25) is 0 Å². The minimum atomic E-state index is -0.446. The highest BCUT2D eigenvalue weighted by molar-refractivity contribution is 7.26. The highest BCUT2D eigenvalue weighted by Gasteiger charge is 2.45. The molecular formula is C51H33NOS. The van der Waals surface area contributed by atoms with Crippen LogP contribution in [0.5, 0.6) is 0 Å². The third-order valence-electron chi connectivity index (χ3n) is 11.1. The van der Waals surface area contributed by atoms with Crippen LogP contribution < -0.4 is 4.90 Å². The molecule has 0 radical (unpaired) electrons. The fourth-order valence-corrected chi connectivity index (χ4v) is 10.0. The quantitative estimate of drug-likeness (QED) is 0.171. The van der Waals surface area contributed by atoms with Crippen molar-refractivity contribution in [1.82, 2.24) is 0 Å². The lowest BCUT2D eigenvalue weighted by Crippen LogP contribution is -2.28. The summed E-state index contributed by atoms with van der Waals surface area (Å²) < 4.78 is 8.77. The maximum absolute atomic E-state index is 6.36. The third-order valence-corrected chi connectivity index (χ3v) is 12.3. The van der Waals surface area contributed by atoms with Crippen molar-refractivity contribution >= 4 is 59.7 Å². The molecule has 0 saturated heterocycles. The molecular weight excluding hydrogens is 675 g/mol. The van der Waals surface area contributed by atoms with E-state index in [1.165, 1.54) is 59.3 Å². The molecule has 54 heavy (non-hydrogen) atoms. The Kier molecular flexibility index (Phi) is 6.98. The molecule has 2 nitrogen and oxygen atoms in total. The number of nitrogens with zero attached hydrogens (tertiary/aromatic N) is 1. The van der Waals surface area contributed by atoms with Crippen LogP contribution in [-0.2, 0) is 5.41 Å². The summed E-state index contributed by atoms with van der Waals surface area (Å²) >= 11 is 1.80. The Hall–Kier alpha value is -6.68. The van der Waals surface area contributed by atoms with Gasteiger partial charge in [0.1, 0.15) is 5.58 Å². The number of anilines is 3. The van der Waals surface area contributed by atoms with Crippen LogP contribution >= 0.6 is 11.3 Å². The highest BCUT2D eigenvalue weighted by atomic mass is 32.1. The van der Waals surface area contributed by atoms with Gasteiger partial charge in [-0.15, -0.1) is 11.3 Å². The van der Waals surface area contributed by atoms with E-state index in [0.717, 1.165) is 33.6 Å². The second-order valence-electron chi connectivity index (χ2n) is 14.0. The van der Waals surface area contributed by atoms with Gasteiger partial charge in [0.15, 0.2) is 5.58 Å². The Bertz CT molecular complexity index is 2970. The van der Waals surface area contributed by atoms with Crippen LogP contribution in [0.2, 0.25) is 0 Å². The Labute approximate surface area is 317 Å². The van der Waals surface area contributed by atoms with Crippen LogP contribution in [0.25, 0.3) is 53.6 Å². The van der Waals surface area contributed by atoms with Crippen molar-refractivity contribution in [1.29, 1.82) is 0 Å². The Balaban J connectivity index is 1.06. The lowest BCUT2D eigenvalue weighted by Gasteiger charge is -2.34. The van der Waals surface area contributed by atoms with Crippen LogP contribution in [0.4, 0.5) is 17.1 Å². The topological polar surface area (TPSA) is 16.4 Å². The van der Waals surface area contributed by atoms with Crippen molar-refractivity contribution in [3.05, 3.63) is 222 Å². The summed E-state index contributed by atoms with van der Waals surface area (Å²) in [6.07, 6.45) is 0. The minimum Gasteiger partial charge on any atom is -0.454 e. The molecule has 0 N–H and O–H groups in total. The molecule has 0 atom stereocenters. The van der Waals surface area contributed by atoms with Gasteiger partial charge in [-0.25, -0.2) is 0 Å². The summed E-state index contributed by atoms with van der Waals surface area (Å²) in [6, 6.07) is 72.8. The molecule has 0 spiro atoms. The van der Waals surface area contributed by atoms with Gasteiger partial charge in [-0.3, -0.25) is 0 Å². The molecule has 2 heterocycles. The normalized spacial score (nSPS) is 13.0. The predicted molar refractivity (Wildman–Crippen MR) is 227 cm³/mol. The average molecular weight is 708 g/mol. The molecule has 0 unspecified atom stereocenters. The number of thiophene rings is 1. The van der Waals surface area contributed by atoms with E-state index in [4.69, 9.17) is 4.42 Å². The van der Waals surface area contributed by atoms with Crippen LogP contribution in [0, 0.1) is 0 Å². The average Bonchev–Trinajstić information content (AvgIpc) is 3.89. The number of rotatable bonds is 6. The van der Waals surface area contributed by atoms with Gasteiger partial charge in [-0.05, 0) is 105 Å². The van der Waals surface area contributed by atoms with E-state index in [-0.39, 0.29) is 0 Å². The van der Waals surface area contributed by atoms with Gasteiger partial charge in [0.05, 0.1) is 10.1 Å². The van der Waals surface area contributed by atoms with E-state index in [0.29, 0.717) is 0 Å². The summed E-state index contributed by atoms with van der Waals surface area (Å²) in [7, 11) is 0. The fourth-order valence-electron chi connectivity index (χ4n) is 8.83. The van der Waals surface area contributed by atoms with Crippen LogP contribution in [0.1, 0.15) is 22.3 Å². The Morgan fingerprint density at radius 3 is 1.80 bits per heavy atom. The van der Waals surface area contributed by atoms with Crippen LogP contribution in [-0.4, -0.2) is 0 Å². The van der Waals surface area contributed by atoms with Gasteiger partial charge >= 0.3 is 0 Å². The summed E-state index contributed by atoms with van der Waals surface area (Å²) in [4.78, 5) is 2.36. The van der Waals surface area contributed by atoms with Crippen LogP contribution in [0.15, 0.2) is 205 Å². The number of furan rings is 1. The molecule has 8 aromatic carbocycles. The molecule has 254 valence electrons. The zero-order valence-corrected chi connectivity index (χ0v) is 30.1. The maximum Gasteiger partial charge on any atom is 0.154 e. The second-order valence-corrected chi connectivity index (χ2v) is 15.1. The van der Waals surface area contributed by atoms with E-state index < -0.39 is 5.41 Å². The molecule has 0 bridgehead atoms. The Morgan fingerprint density at radius 2 is 1.02 bits per heavy atom. The lowest BCUT2D eigenvalue weighted by atomic mass is 9.67. The lowest BCUT2D eigenvalue weighted by molar-refractivity contribution is 0.673. The molecule has 0 saturated carbocycles. The minimum absolute atomic E-state index is 0.446. The molecule has 3 heteroatoms. The number of hydrogen-bond acceptors (Lipinski definition) is 3. The van der Waals surface area contributed by atoms with Gasteiger partial charge in [-0.1, -0.05) is 140 Å². The molecule has 2 aromatic heterocycles. The monoisotopic (exact) mass is 707 g/mol. The van der Waals surface area contributed by atoms with E-state index >= 15 is 0 Å². The van der Waals surface area contributed by atoms with Crippen molar-refractivity contribution in [2.45, 2.75) is 5.41 Å². The third kappa shape index (κ3) is 4.59. The first-order valence-corrected chi connectivity index (χ1v) is 19.2. The maximum atomic E-state index is 6.36. The second kappa shape index (κ2) is 12.2. The van der Waals surface area contributed by atoms with Crippen molar-refractivity contribution in [2.24, 2.45) is 0 Å². The molecule has 10 aromatic rings. The zero-order chi connectivity index (χ0) is 35.6.